The molecule has 1 aromatic rings. The summed E-state index contributed by atoms with van der Waals surface area (Å²) in [6, 6.07) is 6.85. The van der Waals surface area contributed by atoms with Crippen molar-refractivity contribution < 1.29 is 9.36 Å². The fourth-order valence-corrected chi connectivity index (χ4v) is 1.78. The summed E-state index contributed by atoms with van der Waals surface area (Å²) in [6.45, 7) is 3.42. The number of carbonyl (C=O) groups is 1. The molecule has 0 unspecified atom stereocenters. The molecule has 12 heavy (non-hydrogen) atoms. The molecule has 0 aliphatic rings. The zero-order chi connectivity index (χ0) is 9.19. The number of rotatable bonds is 2. The van der Waals surface area contributed by atoms with E-state index >= 15 is 0 Å². The Balaban J connectivity index is 3.08. The highest BCUT2D eigenvalue weighted by molar-refractivity contribution is 7.70. The van der Waals surface area contributed by atoms with Crippen LogP contribution in [0.1, 0.15) is 10.4 Å². The summed E-state index contributed by atoms with van der Waals surface area (Å²) >= 11 is 0. The molecule has 0 aromatic heterocycles. The zero-order valence-corrected chi connectivity index (χ0v) is 8.04. The third-order valence-corrected chi connectivity index (χ3v) is 3.19. The van der Waals surface area contributed by atoms with Crippen molar-refractivity contribution in [2.75, 3.05) is 13.3 Å². The minimum atomic E-state index is -2.16. The molecule has 0 atom stereocenters. The predicted molar refractivity (Wildman–Crippen MR) is 50.9 cm³/mol. The second-order valence-corrected chi connectivity index (χ2v) is 6.28. The molecule has 0 heterocycles. The highest BCUT2D eigenvalue weighted by Crippen LogP contribution is 2.34. The van der Waals surface area contributed by atoms with Gasteiger partial charge in [-0.2, -0.15) is 0 Å². The standard InChI is InChI=1S/C9H11O2P/c1-12(2,11)9-5-3-8(7-10)4-6-9/h3-7H,1-2H3. The lowest BCUT2D eigenvalue weighted by Gasteiger charge is -2.05. The first-order chi connectivity index (χ1) is 5.54. The maximum Gasteiger partial charge on any atom is 0.150 e. The van der Waals surface area contributed by atoms with Gasteiger partial charge in [-0.15, -0.1) is 0 Å². The second kappa shape index (κ2) is 3.24. The number of aldehydes is 1. The van der Waals surface area contributed by atoms with E-state index in [0.29, 0.717) is 5.56 Å². The number of hydrogen-bond acceptors (Lipinski definition) is 2. The Kier molecular flexibility index (Phi) is 2.49. The topological polar surface area (TPSA) is 34.1 Å². The van der Waals surface area contributed by atoms with Crippen LogP contribution in [-0.2, 0) is 4.57 Å². The summed E-state index contributed by atoms with van der Waals surface area (Å²) < 4.78 is 11.5. The molecule has 0 amide bonds. The third-order valence-electron chi connectivity index (χ3n) is 1.65. The number of benzene rings is 1. The van der Waals surface area contributed by atoms with Crippen molar-refractivity contribution >= 4 is 18.7 Å². The van der Waals surface area contributed by atoms with Crippen molar-refractivity contribution in [2.24, 2.45) is 0 Å². The largest absolute Gasteiger partial charge is 0.319 e. The molecular formula is C9H11O2P. The minimum absolute atomic E-state index is 0.618. The van der Waals surface area contributed by atoms with Gasteiger partial charge in [-0.1, -0.05) is 24.3 Å². The summed E-state index contributed by atoms with van der Waals surface area (Å²) in [5.41, 5.74) is 0.618. The zero-order valence-electron chi connectivity index (χ0n) is 7.15. The molecule has 0 N–H and O–H groups in total. The van der Waals surface area contributed by atoms with Crippen molar-refractivity contribution in [1.82, 2.24) is 0 Å². The Morgan fingerprint density at radius 2 is 1.67 bits per heavy atom. The van der Waals surface area contributed by atoms with Crippen LogP contribution in [0.4, 0.5) is 0 Å². The predicted octanol–water partition coefficient (Wildman–Crippen LogP) is 1.75. The molecule has 0 aliphatic heterocycles. The average Bonchev–Trinajstić information content (AvgIpc) is 2.03. The normalized spacial score (nSPS) is 11.2. The molecule has 0 bridgehead atoms. The van der Waals surface area contributed by atoms with Gasteiger partial charge in [-0.3, -0.25) is 4.79 Å². The maximum absolute atomic E-state index is 11.5. The maximum atomic E-state index is 11.5. The molecule has 0 radical (unpaired) electrons. The lowest BCUT2D eigenvalue weighted by molar-refractivity contribution is 0.112. The molecule has 0 spiro atoms. The van der Waals surface area contributed by atoms with Gasteiger partial charge in [0.25, 0.3) is 0 Å². The third kappa shape index (κ3) is 2.05. The highest BCUT2D eigenvalue weighted by Gasteiger charge is 2.09. The molecule has 0 saturated heterocycles. The molecule has 64 valence electrons. The lowest BCUT2D eigenvalue weighted by atomic mass is 10.2. The van der Waals surface area contributed by atoms with E-state index in [1.54, 1.807) is 37.6 Å². The van der Waals surface area contributed by atoms with Gasteiger partial charge in [0.15, 0.2) is 0 Å². The van der Waals surface area contributed by atoms with Crippen LogP contribution in [0.15, 0.2) is 24.3 Å². The SMILES string of the molecule is CP(C)(=O)c1ccc(C=O)cc1. The monoisotopic (exact) mass is 182 g/mol. The molecule has 0 saturated carbocycles. The van der Waals surface area contributed by atoms with Crippen LogP contribution in [0.25, 0.3) is 0 Å². The average molecular weight is 182 g/mol. The van der Waals surface area contributed by atoms with E-state index in [9.17, 15) is 9.36 Å². The summed E-state index contributed by atoms with van der Waals surface area (Å²) in [7, 11) is -2.16. The molecule has 1 aromatic carbocycles. The molecule has 0 fully saturated rings. The number of hydrogen-bond donors (Lipinski definition) is 0. The summed E-state index contributed by atoms with van der Waals surface area (Å²) in [5.74, 6) is 0. The van der Waals surface area contributed by atoms with Gasteiger partial charge in [0.2, 0.25) is 0 Å². The summed E-state index contributed by atoms with van der Waals surface area (Å²) in [4.78, 5) is 10.3. The van der Waals surface area contributed by atoms with E-state index in [2.05, 4.69) is 0 Å². The first-order valence-electron chi connectivity index (χ1n) is 3.65. The van der Waals surface area contributed by atoms with Crippen LogP contribution in [0.2, 0.25) is 0 Å². The van der Waals surface area contributed by atoms with Gasteiger partial charge in [0.1, 0.15) is 13.4 Å². The van der Waals surface area contributed by atoms with E-state index in [0.717, 1.165) is 11.6 Å². The first kappa shape index (κ1) is 9.21. The summed E-state index contributed by atoms with van der Waals surface area (Å²) in [6.07, 6.45) is 0.778. The van der Waals surface area contributed by atoms with Crippen LogP contribution in [0.3, 0.4) is 0 Å². The van der Waals surface area contributed by atoms with E-state index in [1.165, 1.54) is 0 Å². The van der Waals surface area contributed by atoms with Gasteiger partial charge in [0, 0.05) is 10.9 Å². The Labute approximate surface area is 72.0 Å². The molecule has 2 nitrogen and oxygen atoms in total. The highest BCUT2D eigenvalue weighted by atomic mass is 31.2. The van der Waals surface area contributed by atoms with E-state index < -0.39 is 7.14 Å². The van der Waals surface area contributed by atoms with Crippen LogP contribution >= 0.6 is 7.14 Å². The van der Waals surface area contributed by atoms with Crippen molar-refractivity contribution in [2.45, 2.75) is 0 Å². The molecule has 1 rings (SSSR count). The van der Waals surface area contributed by atoms with Crippen LogP contribution < -0.4 is 5.30 Å². The van der Waals surface area contributed by atoms with E-state index in [1.807, 2.05) is 0 Å². The second-order valence-electron chi connectivity index (χ2n) is 3.06. The van der Waals surface area contributed by atoms with Gasteiger partial charge < -0.3 is 4.57 Å². The van der Waals surface area contributed by atoms with Gasteiger partial charge in [0.05, 0.1) is 0 Å². The fraction of sp³-hybridized carbons (Fsp3) is 0.222. The van der Waals surface area contributed by atoms with Crippen molar-refractivity contribution in [1.29, 1.82) is 0 Å². The Morgan fingerprint density at radius 1 is 1.17 bits per heavy atom. The van der Waals surface area contributed by atoms with Crippen LogP contribution in [-0.4, -0.2) is 19.6 Å². The molecule has 3 heteroatoms. The van der Waals surface area contributed by atoms with Gasteiger partial charge >= 0.3 is 0 Å². The summed E-state index contributed by atoms with van der Waals surface area (Å²) in [5, 5.41) is 0.813. The van der Waals surface area contributed by atoms with E-state index in [4.69, 9.17) is 0 Å². The van der Waals surface area contributed by atoms with Gasteiger partial charge in [-0.05, 0) is 13.3 Å². The quantitative estimate of drug-likeness (QED) is 0.515. The fourth-order valence-electron chi connectivity index (χ4n) is 0.912. The van der Waals surface area contributed by atoms with Crippen LogP contribution in [0, 0.1) is 0 Å². The first-order valence-corrected chi connectivity index (χ1v) is 6.25. The Bertz CT molecular complexity index is 321. The molecular weight excluding hydrogens is 171 g/mol. The van der Waals surface area contributed by atoms with Crippen LogP contribution in [0.5, 0.6) is 0 Å². The molecule has 0 aliphatic carbocycles. The van der Waals surface area contributed by atoms with E-state index in [-0.39, 0.29) is 0 Å². The Morgan fingerprint density at radius 3 is 2.00 bits per heavy atom. The van der Waals surface area contributed by atoms with Crippen molar-refractivity contribution in [3.8, 4) is 0 Å². The van der Waals surface area contributed by atoms with Gasteiger partial charge in [-0.25, -0.2) is 0 Å². The Hall–Kier alpha value is -0.880. The number of carbonyl (C=O) groups excluding carboxylic acids is 1. The van der Waals surface area contributed by atoms with Crippen molar-refractivity contribution in [3.05, 3.63) is 29.8 Å². The lowest BCUT2D eigenvalue weighted by Crippen LogP contribution is -2.01. The minimum Gasteiger partial charge on any atom is -0.319 e. The smallest absolute Gasteiger partial charge is 0.150 e. The van der Waals surface area contributed by atoms with Crippen molar-refractivity contribution in [3.63, 3.8) is 0 Å².